The van der Waals surface area contributed by atoms with Crippen LogP contribution in [0.15, 0.2) is 52.3 Å². The van der Waals surface area contributed by atoms with Crippen molar-refractivity contribution >= 4 is 33.4 Å². The molecule has 2 aliphatic rings. The van der Waals surface area contributed by atoms with Crippen molar-refractivity contribution in [2.24, 2.45) is 0 Å². The Morgan fingerprint density at radius 3 is 2.69 bits per heavy atom. The van der Waals surface area contributed by atoms with Crippen LogP contribution in [0.4, 0.5) is 5.69 Å². The van der Waals surface area contributed by atoms with E-state index < -0.39 is 10.0 Å². The van der Waals surface area contributed by atoms with E-state index >= 15 is 0 Å². The predicted molar refractivity (Wildman–Crippen MR) is 111 cm³/mol. The van der Waals surface area contributed by atoms with Crippen molar-refractivity contribution in [3.8, 4) is 5.75 Å². The number of amides is 1. The van der Waals surface area contributed by atoms with Gasteiger partial charge < -0.3 is 14.8 Å². The van der Waals surface area contributed by atoms with Gasteiger partial charge in [0.15, 0.2) is 0 Å². The summed E-state index contributed by atoms with van der Waals surface area (Å²) in [5, 5.41) is 2.62. The monoisotopic (exact) mass is 434 g/mol. The number of nitrogens with zero attached hydrogens (tertiary/aromatic N) is 1. The summed E-state index contributed by atoms with van der Waals surface area (Å²) in [6, 6.07) is 12.6. The largest absolute Gasteiger partial charge is 0.495 e. The van der Waals surface area contributed by atoms with E-state index in [1.54, 1.807) is 12.1 Å². The number of nitrogens with one attached hydrogen (secondary N) is 1. The molecule has 0 saturated carbocycles. The number of ether oxygens (including phenoxy) is 2. The first-order valence-electron chi connectivity index (χ1n) is 9.30. The van der Waals surface area contributed by atoms with E-state index in [0.717, 1.165) is 10.5 Å². The van der Waals surface area contributed by atoms with Gasteiger partial charge in [-0.3, -0.25) is 4.79 Å². The van der Waals surface area contributed by atoms with Crippen molar-refractivity contribution in [3.63, 3.8) is 0 Å². The average Bonchev–Trinajstić information content (AvgIpc) is 3.19. The number of thioether (sulfide) groups is 1. The first-order chi connectivity index (χ1) is 14.0. The molecular formula is C20H22N2O5S2. The van der Waals surface area contributed by atoms with E-state index in [9.17, 15) is 13.2 Å². The first-order valence-corrected chi connectivity index (χ1v) is 11.6. The molecule has 29 heavy (non-hydrogen) atoms. The fourth-order valence-corrected chi connectivity index (χ4v) is 6.22. The van der Waals surface area contributed by atoms with Crippen LogP contribution in [0.3, 0.4) is 0 Å². The maximum Gasteiger partial charge on any atom is 0.246 e. The van der Waals surface area contributed by atoms with E-state index in [-0.39, 0.29) is 21.8 Å². The van der Waals surface area contributed by atoms with Gasteiger partial charge in [0.2, 0.25) is 15.9 Å². The van der Waals surface area contributed by atoms with Gasteiger partial charge in [0.05, 0.1) is 25.6 Å². The van der Waals surface area contributed by atoms with Gasteiger partial charge in [0.1, 0.15) is 10.6 Å². The molecule has 2 aromatic carbocycles. The molecule has 154 valence electrons. The summed E-state index contributed by atoms with van der Waals surface area (Å²) in [6.45, 7) is 1.30. The van der Waals surface area contributed by atoms with Crippen LogP contribution < -0.4 is 10.1 Å². The van der Waals surface area contributed by atoms with Gasteiger partial charge in [0.25, 0.3) is 0 Å². The van der Waals surface area contributed by atoms with Gasteiger partial charge in [-0.05, 0) is 36.2 Å². The highest BCUT2D eigenvalue weighted by Gasteiger charge is 2.31. The summed E-state index contributed by atoms with van der Waals surface area (Å²) < 4.78 is 38.1. The minimum absolute atomic E-state index is 0.0436. The zero-order valence-electron chi connectivity index (χ0n) is 16.0. The van der Waals surface area contributed by atoms with Gasteiger partial charge in [-0.2, -0.15) is 4.31 Å². The fraction of sp³-hybridized carbons (Fsp3) is 0.350. The molecule has 0 aromatic heterocycles. The lowest BCUT2D eigenvalue weighted by molar-refractivity contribution is -0.115. The third-order valence-corrected chi connectivity index (χ3v) is 8.20. The minimum atomic E-state index is -3.75. The smallest absolute Gasteiger partial charge is 0.246 e. The second-order valence-electron chi connectivity index (χ2n) is 6.79. The number of benzene rings is 2. The number of carbonyl (C=O) groups is 1. The Balaban J connectivity index is 1.55. The van der Waals surface area contributed by atoms with E-state index in [1.807, 2.05) is 24.3 Å². The summed E-state index contributed by atoms with van der Waals surface area (Å²) in [5.74, 6) is 0.100. The summed E-state index contributed by atoms with van der Waals surface area (Å²) in [4.78, 5) is 13.9. The summed E-state index contributed by atoms with van der Waals surface area (Å²) in [5.41, 5.74) is 1.59. The molecule has 2 aromatic rings. The zero-order chi connectivity index (χ0) is 20.4. The van der Waals surface area contributed by atoms with Crippen LogP contribution in [0, 0.1) is 0 Å². The van der Waals surface area contributed by atoms with Gasteiger partial charge >= 0.3 is 0 Å². The van der Waals surface area contributed by atoms with E-state index in [0.29, 0.717) is 38.4 Å². The molecule has 0 bridgehead atoms. The number of anilines is 1. The molecule has 1 saturated heterocycles. The number of fused-ring (bicyclic) bond motifs is 1. The molecule has 0 unspecified atom stereocenters. The third-order valence-electron chi connectivity index (χ3n) is 4.96. The Kier molecular flexibility index (Phi) is 5.82. The SMILES string of the molecule is COc1ccc(NC(=O)[C@@H]2Cc3ccccc3S2)cc1S(=O)(=O)N1CCOCC1. The Labute approximate surface area is 174 Å². The fourth-order valence-electron chi connectivity index (χ4n) is 3.43. The molecule has 0 radical (unpaired) electrons. The van der Waals surface area contributed by atoms with Crippen molar-refractivity contribution in [1.82, 2.24) is 4.31 Å². The zero-order valence-corrected chi connectivity index (χ0v) is 17.6. The molecule has 4 rings (SSSR count). The highest BCUT2D eigenvalue weighted by atomic mass is 32.2. The first kappa shape index (κ1) is 20.2. The van der Waals surface area contributed by atoms with Gasteiger partial charge in [-0.25, -0.2) is 8.42 Å². The minimum Gasteiger partial charge on any atom is -0.495 e. The molecular weight excluding hydrogens is 412 g/mol. The number of carbonyl (C=O) groups excluding carboxylic acids is 1. The molecule has 1 fully saturated rings. The van der Waals surface area contributed by atoms with E-state index in [4.69, 9.17) is 9.47 Å². The summed E-state index contributed by atoms with van der Waals surface area (Å²) in [7, 11) is -2.33. The Bertz CT molecular complexity index is 994. The number of rotatable bonds is 5. The highest BCUT2D eigenvalue weighted by molar-refractivity contribution is 8.01. The molecule has 9 heteroatoms. The lowest BCUT2D eigenvalue weighted by Gasteiger charge is -2.27. The van der Waals surface area contributed by atoms with Gasteiger partial charge in [-0.1, -0.05) is 18.2 Å². The van der Waals surface area contributed by atoms with Crippen LogP contribution in [0.2, 0.25) is 0 Å². The summed E-state index contributed by atoms with van der Waals surface area (Å²) in [6.07, 6.45) is 0.655. The van der Waals surface area contributed by atoms with Crippen LogP contribution in [-0.4, -0.2) is 57.3 Å². The topological polar surface area (TPSA) is 84.9 Å². The lowest BCUT2D eigenvalue weighted by Crippen LogP contribution is -2.40. The lowest BCUT2D eigenvalue weighted by atomic mass is 10.1. The predicted octanol–water partition coefficient (Wildman–Crippen LogP) is 2.37. The molecule has 1 N–H and O–H groups in total. The number of hydrogen-bond donors (Lipinski definition) is 1. The average molecular weight is 435 g/mol. The van der Waals surface area contributed by atoms with E-state index in [1.165, 1.54) is 29.2 Å². The van der Waals surface area contributed by atoms with Crippen molar-refractivity contribution in [1.29, 1.82) is 0 Å². The van der Waals surface area contributed by atoms with E-state index in [2.05, 4.69) is 5.32 Å². The third kappa shape index (κ3) is 4.13. The Hall–Kier alpha value is -2.07. The molecule has 2 heterocycles. The molecule has 1 atom stereocenters. The molecule has 0 aliphatic carbocycles. The maximum absolute atomic E-state index is 13.1. The van der Waals surface area contributed by atoms with Crippen LogP contribution >= 0.6 is 11.8 Å². The van der Waals surface area contributed by atoms with Crippen molar-refractivity contribution in [3.05, 3.63) is 48.0 Å². The van der Waals surface area contributed by atoms with Crippen molar-refractivity contribution in [2.45, 2.75) is 21.5 Å². The number of morpholine rings is 1. The van der Waals surface area contributed by atoms with Crippen LogP contribution in [0.25, 0.3) is 0 Å². The number of hydrogen-bond acceptors (Lipinski definition) is 6. The summed E-state index contributed by atoms with van der Waals surface area (Å²) >= 11 is 1.53. The molecule has 7 nitrogen and oxygen atoms in total. The van der Waals surface area contributed by atoms with Crippen molar-refractivity contribution < 1.29 is 22.7 Å². The Morgan fingerprint density at radius 1 is 1.21 bits per heavy atom. The normalized spacial score (nSPS) is 19.6. The number of methoxy groups -OCH3 is 1. The van der Waals surface area contributed by atoms with Crippen LogP contribution in [0.5, 0.6) is 5.75 Å². The van der Waals surface area contributed by atoms with Crippen LogP contribution in [-0.2, 0) is 26.0 Å². The quantitative estimate of drug-likeness (QED) is 0.778. The maximum atomic E-state index is 13.1. The highest BCUT2D eigenvalue weighted by Crippen LogP contribution is 2.37. The van der Waals surface area contributed by atoms with Gasteiger partial charge in [0, 0.05) is 23.7 Å². The van der Waals surface area contributed by atoms with Crippen molar-refractivity contribution in [2.75, 3.05) is 38.7 Å². The second-order valence-corrected chi connectivity index (χ2v) is 9.94. The molecule has 0 spiro atoms. The number of sulfonamides is 1. The second kappa shape index (κ2) is 8.35. The molecule has 2 aliphatic heterocycles. The Morgan fingerprint density at radius 2 is 1.97 bits per heavy atom. The van der Waals surface area contributed by atoms with Crippen LogP contribution in [0.1, 0.15) is 5.56 Å². The standard InChI is InChI=1S/C20H22N2O5S2/c1-26-16-7-6-15(13-19(16)29(24,25)22-8-10-27-11-9-22)21-20(23)18-12-14-4-2-3-5-17(14)28-18/h2-7,13,18H,8-12H2,1H3,(H,21,23)/t18-/m0/s1. The van der Waals surface area contributed by atoms with Gasteiger partial charge in [-0.15, -0.1) is 11.8 Å². The molecule has 1 amide bonds.